The minimum atomic E-state index is -0.558. The highest BCUT2D eigenvalue weighted by molar-refractivity contribution is 5.93. The highest BCUT2D eigenvalue weighted by Gasteiger charge is 2.14. The fourth-order valence-electron chi connectivity index (χ4n) is 1.64. The Bertz CT molecular complexity index is 500. The molecule has 1 aromatic rings. The van der Waals surface area contributed by atoms with Gasteiger partial charge in [-0.25, -0.2) is 4.79 Å². The predicted molar refractivity (Wildman–Crippen MR) is 80.2 cm³/mol. The third-order valence-corrected chi connectivity index (χ3v) is 2.81. The van der Waals surface area contributed by atoms with Crippen molar-refractivity contribution in [2.75, 3.05) is 26.0 Å². The predicted octanol–water partition coefficient (Wildman–Crippen LogP) is 1.60. The molecule has 0 aromatic heterocycles. The van der Waals surface area contributed by atoms with Gasteiger partial charge in [0.2, 0.25) is 0 Å². The third-order valence-electron chi connectivity index (χ3n) is 2.81. The van der Waals surface area contributed by atoms with E-state index in [2.05, 4.69) is 23.9 Å². The van der Waals surface area contributed by atoms with E-state index < -0.39 is 5.97 Å². The Labute approximate surface area is 124 Å². The van der Waals surface area contributed by atoms with Crippen LogP contribution >= 0.6 is 0 Å². The maximum absolute atomic E-state index is 11.6. The summed E-state index contributed by atoms with van der Waals surface area (Å²) in [5.74, 6) is 0.00473. The first-order chi connectivity index (χ1) is 9.93. The fraction of sp³-hybridized carbons (Fsp3) is 0.467. The Morgan fingerprint density at radius 3 is 2.67 bits per heavy atom. The van der Waals surface area contributed by atoms with Crippen molar-refractivity contribution in [3.63, 3.8) is 0 Å². The van der Waals surface area contributed by atoms with Crippen LogP contribution in [-0.4, -0.2) is 32.1 Å². The first kappa shape index (κ1) is 16.8. The number of nitrogens with one attached hydrogen (secondary N) is 1. The minimum Gasteiger partial charge on any atom is -0.483 e. The number of hydrogen-bond acceptors (Lipinski definition) is 5. The van der Waals surface area contributed by atoms with Crippen LogP contribution in [-0.2, 0) is 9.53 Å². The lowest BCUT2D eigenvalue weighted by molar-refractivity contribution is -0.123. The minimum absolute atomic E-state index is 0.161. The van der Waals surface area contributed by atoms with Crippen LogP contribution in [0.4, 0.5) is 5.69 Å². The Morgan fingerprint density at radius 1 is 1.33 bits per heavy atom. The molecule has 0 aliphatic heterocycles. The molecule has 0 aliphatic carbocycles. The lowest BCUT2D eigenvalue weighted by Crippen LogP contribution is -2.30. The SMILES string of the molecule is COC(=O)c1cc(N)ccc1OCC(=O)NCCC(C)C. The van der Waals surface area contributed by atoms with Crippen LogP contribution < -0.4 is 15.8 Å². The molecule has 0 spiro atoms. The summed E-state index contributed by atoms with van der Waals surface area (Å²) in [5.41, 5.74) is 6.25. The van der Waals surface area contributed by atoms with Crippen LogP contribution in [0, 0.1) is 5.92 Å². The summed E-state index contributed by atoms with van der Waals surface area (Å²) < 4.78 is 10.0. The maximum atomic E-state index is 11.6. The van der Waals surface area contributed by atoms with E-state index in [1.165, 1.54) is 13.2 Å². The molecule has 6 nitrogen and oxygen atoms in total. The molecule has 3 N–H and O–H groups in total. The summed E-state index contributed by atoms with van der Waals surface area (Å²) >= 11 is 0. The molecule has 0 aliphatic rings. The number of nitrogen functional groups attached to an aromatic ring is 1. The quantitative estimate of drug-likeness (QED) is 0.589. The molecule has 116 valence electrons. The molecule has 1 amide bonds. The fourth-order valence-corrected chi connectivity index (χ4v) is 1.64. The summed E-state index contributed by atoms with van der Waals surface area (Å²) in [6.07, 6.45) is 0.904. The number of benzene rings is 1. The number of esters is 1. The molecule has 0 atom stereocenters. The summed E-state index contributed by atoms with van der Waals surface area (Å²) in [4.78, 5) is 23.3. The van der Waals surface area contributed by atoms with Crippen molar-refractivity contribution in [1.29, 1.82) is 0 Å². The van der Waals surface area contributed by atoms with Crippen molar-refractivity contribution in [2.45, 2.75) is 20.3 Å². The van der Waals surface area contributed by atoms with Gasteiger partial charge in [-0.1, -0.05) is 13.8 Å². The van der Waals surface area contributed by atoms with E-state index in [1.54, 1.807) is 12.1 Å². The summed E-state index contributed by atoms with van der Waals surface area (Å²) in [5, 5.41) is 2.75. The molecule has 0 radical (unpaired) electrons. The highest BCUT2D eigenvalue weighted by atomic mass is 16.5. The molecule has 0 bridgehead atoms. The number of carbonyl (C=O) groups excluding carboxylic acids is 2. The third kappa shape index (κ3) is 5.72. The molecule has 1 aromatic carbocycles. The second-order valence-corrected chi connectivity index (χ2v) is 5.07. The zero-order chi connectivity index (χ0) is 15.8. The van der Waals surface area contributed by atoms with Crippen LogP contribution in [0.3, 0.4) is 0 Å². The summed E-state index contributed by atoms with van der Waals surface area (Å²) in [7, 11) is 1.27. The lowest BCUT2D eigenvalue weighted by atomic mass is 10.1. The summed E-state index contributed by atoms with van der Waals surface area (Å²) in [6.45, 7) is 4.61. The Hall–Kier alpha value is -2.24. The number of methoxy groups -OCH3 is 1. The number of amides is 1. The first-order valence-corrected chi connectivity index (χ1v) is 6.81. The van der Waals surface area contributed by atoms with Crippen LogP contribution in [0.1, 0.15) is 30.6 Å². The van der Waals surface area contributed by atoms with E-state index in [0.717, 1.165) is 6.42 Å². The molecule has 6 heteroatoms. The van der Waals surface area contributed by atoms with Gasteiger partial charge in [-0.15, -0.1) is 0 Å². The van der Waals surface area contributed by atoms with Crippen molar-refractivity contribution in [1.82, 2.24) is 5.32 Å². The van der Waals surface area contributed by atoms with Crippen molar-refractivity contribution >= 4 is 17.6 Å². The van der Waals surface area contributed by atoms with E-state index in [-0.39, 0.29) is 23.8 Å². The number of rotatable bonds is 7. The molecule has 0 unspecified atom stereocenters. The van der Waals surface area contributed by atoms with Crippen molar-refractivity contribution < 1.29 is 19.1 Å². The molecule has 0 heterocycles. The number of hydrogen-bond donors (Lipinski definition) is 2. The number of anilines is 1. The van der Waals surface area contributed by atoms with Crippen LogP contribution in [0.15, 0.2) is 18.2 Å². The van der Waals surface area contributed by atoms with Gasteiger partial charge in [-0.05, 0) is 30.5 Å². The Balaban J connectivity index is 2.58. The zero-order valence-corrected chi connectivity index (χ0v) is 12.6. The number of nitrogens with two attached hydrogens (primary N) is 1. The normalized spacial score (nSPS) is 10.3. The average Bonchev–Trinajstić information content (AvgIpc) is 2.44. The van der Waals surface area contributed by atoms with Gasteiger partial charge >= 0.3 is 5.97 Å². The molecule has 0 saturated carbocycles. The smallest absolute Gasteiger partial charge is 0.341 e. The average molecular weight is 294 g/mol. The van der Waals surface area contributed by atoms with Crippen molar-refractivity contribution in [2.24, 2.45) is 5.92 Å². The second-order valence-electron chi connectivity index (χ2n) is 5.07. The van der Waals surface area contributed by atoms with Crippen LogP contribution in [0.2, 0.25) is 0 Å². The van der Waals surface area contributed by atoms with E-state index in [1.807, 2.05) is 0 Å². The van der Waals surface area contributed by atoms with Gasteiger partial charge in [0.1, 0.15) is 11.3 Å². The van der Waals surface area contributed by atoms with E-state index >= 15 is 0 Å². The maximum Gasteiger partial charge on any atom is 0.341 e. The Morgan fingerprint density at radius 2 is 2.05 bits per heavy atom. The lowest BCUT2D eigenvalue weighted by Gasteiger charge is -2.11. The van der Waals surface area contributed by atoms with Gasteiger partial charge in [-0.3, -0.25) is 4.79 Å². The van der Waals surface area contributed by atoms with Crippen LogP contribution in [0.5, 0.6) is 5.75 Å². The van der Waals surface area contributed by atoms with Crippen molar-refractivity contribution in [3.8, 4) is 5.75 Å². The monoisotopic (exact) mass is 294 g/mol. The van der Waals surface area contributed by atoms with E-state index in [0.29, 0.717) is 18.2 Å². The molecule has 0 fully saturated rings. The standard InChI is InChI=1S/C15H22N2O4/c1-10(2)6-7-17-14(18)9-21-13-5-4-11(16)8-12(13)15(19)20-3/h4-5,8,10H,6-7,9,16H2,1-3H3,(H,17,18). The topological polar surface area (TPSA) is 90.7 Å². The van der Waals surface area contributed by atoms with Gasteiger partial charge in [0.25, 0.3) is 5.91 Å². The summed E-state index contributed by atoms with van der Waals surface area (Å²) in [6, 6.07) is 4.60. The highest BCUT2D eigenvalue weighted by Crippen LogP contribution is 2.22. The van der Waals surface area contributed by atoms with Gasteiger partial charge in [0, 0.05) is 12.2 Å². The molecular weight excluding hydrogens is 272 g/mol. The van der Waals surface area contributed by atoms with Gasteiger partial charge in [-0.2, -0.15) is 0 Å². The molecule has 21 heavy (non-hydrogen) atoms. The molecule has 0 saturated heterocycles. The largest absolute Gasteiger partial charge is 0.483 e. The second kappa shape index (κ2) is 8.14. The number of carbonyl (C=O) groups is 2. The molecule has 1 rings (SSSR count). The number of ether oxygens (including phenoxy) is 2. The van der Waals surface area contributed by atoms with Crippen molar-refractivity contribution in [3.05, 3.63) is 23.8 Å². The van der Waals surface area contributed by atoms with E-state index in [4.69, 9.17) is 10.5 Å². The van der Waals surface area contributed by atoms with Crippen LogP contribution in [0.25, 0.3) is 0 Å². The first-order valence-electron chi connectivity index (χ1n) is 6.81. The Kier molecular flexibility index (Phi) is 6.52. The van der Waals surface area contributed by atoms with E-state index in [9.17, 15) is 9.59 Å². The van der Waals surface area contributed by atoms with Gasteiger partial charge in [0.05, 0.1) is 7.11 Å². The van der Waals surface area contributed by atoms with Gasteiger partial charge in [0.15, 0.2) is 6.61 Å². The zero-order valence-electron chi connectivity index (χ0n) is 12.6. The van der Waals surface area contributed by atoms with Gasteiger partial charge < -0.3 is 20.5 Å². The molecular formula is C15H22N2O4.